The number of carbonyl (C=O) groups is 3. The van der Waals surface area contributed by atoms with E-state index in [0.29, 0.717) is 13.0 Å². The number of ether oxygens (including phenoxy) is 2. The van der Waals surface area contributed by atoms with Crippen molar-refractivity contribution < 1.29 is 29.0 Å². The van der Waals surface area contributed by atoms with Gasteiger partial charge in [-0.05, 0) is 71.6 Å². The molecule has 2 saturated heterocycles. The topological polar surface area (TPSA) is 96.4 Å². The van der Waals surface area contributed by atoms with E-state index in [1.165, 1.54) is 4.90 Å². The van der Waals surface area contributed by atoms with Crippen molar-refractivity contribution in [2.45, 2.75) is 116 Å². The molecule has 2 heterocycles. The molecule has 2 amide bonds. The van der Waals surface area contributed by atoms with Crippen LogP contribution in [-0.2, 0) is 19.1 Å². The quantitative estimate of drug-likeness (QED) is 0.697. The van der Waals surface area contributed by atoms with Gasteiger partial charge in [-0.1, -0.05) is 13.8 Å². The maximum atomic E-state index is 13.6. The van der Waals surface area contributed by atoms with Crippen molar-refractivity contribution in [1.29, 1.82) is 0 Å². The third-order valence-electron chi connectivity index (χ3n) is 7.25. The van der Waals surface area contributed by atoms with Gasteiger partial charge in [-0.2, -0.15) is 0 Å². The van der Waals surface area contributed by atoms with E-state index in [9.17, 15) is 19.5 Å². The maximum absolute atomic E-state index is 13.6. The minimum Gasteiger partial charge on any atom is -0.480 e. The number of rotatable bonds is 4. The van der Waals surface area contributed by atoms with E-state index >= 15 is 0 Å². The molecule has 3 fully saturated rings. The van der Waals surface area contributed by atoms with Crippen molar-refractivity contribution in [3.05, 3.63) is 0 Å². The first-order chi connectivity index (χ1) is 14.7. The van der Waals surface area contributed by atoms with Crippen molar-refractivity contribution in [1.82, 2.24) is 9.80 Å². The van der Waals surface area contributed by atoms with Gasteiger partial charge in [-0.3, -0.25) is 9.69 Å². The molecule has 0 aromatic heterocycles. The van der Waals surface area contributed by atoms with Gasteiger partial charge in [0.05, 0.1) is 6.04 Å². The van der Waals surface area contributed by atoms with E-state index in [-0.39, 0.29) is 36.4 Å². The van der Waals surface area contributed by atoms with Crippen LogP contribution in [0.25, 0.3) is 0 Å². The zero-order valence-electron chi connectivity index (χ0n) is 20.5. The minimum atomic E-state index is -1.43. The van der Waals surface area contributed by atoms with Gasteiger partial charge in [0.15, 0.2) is 0 Å². The molecule has 3 rings (SSSR count). The minimum absolute atomic E-state index is 0.0290. The van der Waals surface area contributed by atoms with Crippen molar-refractivity contribution in [2.24, 2.45) is 5.41 Å². The maximum Gasteiger partial charge on any atom is 0.411 e. The molecular weight excluding hydrogens is 412 g/mol. The molecule has 3 aliphatic rings. The van der Waals surface area contributed by atoms with Crippen molar-refractivity contribution in [2.75, 3.05) is 13.2 Å². The third kappa shape index (κ3) is 5.21. The summed E-state index contributed by atoms with van der Waals surface area (Å²) in [6.07, 6.45) is 4.35. The summed E-state index contributed by atoms with van der Waals surface area (Å²) < 4.78 is 11.2. The predicted molar refractivity (Wildman–Crippen MR) is 119 cm³/mol. The number of likely N-dealkylation sites (tertiary alicyclic amines) is 1. The van der Waals surface area contributed by atoms with Gasteiger partial charge in [0.1, 0.15) is 17.2 Å². The fourth-order valence-corrected chi connectivity index (χ4v) is 5.29. The van der Waals surface area contributed by atoms with Gasteiger partial charge in [-0.15, -0.1) is 0 Å². The van der Waals surface area contributed by atoms with Crippen molar-refractivity contribution >= 4 is 18.0 Å². The molecule has 0 bridgehead atoms. The van der Waals surface area contributed by atoms with Gasteiger partial charge in [0, 0.05) is 25.6 Å². The summed E-state index contributed by atoms with van der Waals surface area (Å²) in [7, 11) is 0. The number of aliphatic carboxylic acids is 1. The van der Waals surface area contributed by atoms with Crippen LogP contribution >= 0.6 is 0 Å². The lowest BCUT2D eigenvalue weighted by atomic mass is 9.75. The molecule has 0 spiro atoms. The monoisotopic (exact) mass is 452 g/mol. The molecule has 1 aliphatic carbocycles. The largest absolute Gasteiger partial charge is 0.480 e. The number of carbonyl (C=O) groups excluding carboxylic acids is 2. The lowest BCUT2D eigenvalue weighted by Gasteiger charge is -2.43. The van der Waals surface area contributed by atoms with Crippen LogP contribution in [0.2, 0.25) is 0 Å². The Labute approximate surface area is 191 Å². The van der Waals surface area contributed by atoms with Crippen LogP contribution in [0.4, 0.5) is 4.79 Å². The molecule has 0 aromatic rings. The SMILES string of the molecule is CC1(C)CCC(N(C(=O)[C@@H]2CCCO2)[C@@H]2CN(C(=O)OC(C)(C)C)[C@@](C)(C(=O)O)C2)CC1. The average Bonchev–Trinajstić information content (AvgIpc) is 3.30. The van der Waals surface area contributed by atoms with Crippen molar-refractivity contribution in [3.8, 4) is 0 Å². The van der Waals surface area contributed by atoms with E-state index in [4.69, 9.17) is 9.47 Å². The molecule has 182 valence electrons. The van der Waals surface area contributed by atoms with E-state index in [0.717, 1.165) is 32.1 Å². The Morgan fingerprint density at radius 3 is 2.19 bits per heavy atom. The number of hydrogen-bond donors (Lipinski definition) is 1. The Hall–Kier alpha value is -1.83. The summed E-state index contributed by atoms with van der Waals surface area (Å²) in [6, 6.07) is -0.354. The standard InChI is InChI=1S/C24H40N2O6/c1-22(2,3)32-21(30)25-15-17(14-24(25,6)20(28)29)26(19(27)18-8-7-13-31-18)16-9-11-23(4,5)12-10-16/h16-18H,7-15H2,1-6H3,(H,28,29)/t17-,18-,24+/m0/s1. The van der Waals surface area contributed by atoms with Crippen molar-refractivity contribution in [3.63, 3.8) is 0 Å². The zero-order valence-corrected chi connectivity index (χ0v) is 20.5. The van der Waals surface area contributed by atoms with Gasteiger partial charge in [-0.25, -0.2) is 9.59 Å². The van der Waals surface area contributed by atoms with Crippen LogP contribution in [0.15, 0.2) is 0 Å². The highest BCUT2D eigenvalue weighted by Gasteiger charge is 2.55. The summed E-state index contributed by atoms with van der Waals surface area (Å²) >= 11 is 0. The molecule has 8 nitrogen and oxygen atoms in total. The smallest absolute Gasteiger partial charge is 0.411 e. The molecule has 3 atom stereocenters. The second kappa shape index (κ2) is 8.84. The first-order valence-electron chi connectivity index (χ1n) is 11.9. The molecule has 32 heavy (non-hydrogen) atoms. The number of amides is 2. The molecule has 1 N–H and O–H groups in total. The number of hydrogen-bond acceptors (Lipinski definition) is 5. The first-order valence-corrected chi connectivity index (χ1v) is 11.9. The van der Waals surface area contributed by atoms with Crippen LogP contribution in [0.5, 0.6) is 0 Å². The van der Waals surface area contributed by atoms with Crippen LogP contribution in [0, 0.1) is 5.41 Å². The fraction of sp³-hybridized carbons (Fsp3) is 0.875. The second-order valence-electron chi connectivity index (χ2n) is 11.7. The normalized spacial score (nSPS) is 30.9. The molecule has 0 aromatic carbocycles. The van der Waals surface area contributed by atoms with Gasteiger partial charge in [0.25, 0.3) is 5.91 Å². The number of carboxylic acid groups (broad SMARTS) is 1. The molecular formula is C24H40N2O6. The van der Waals surface area contributed by atoms with E-state index in [2.05, 4.69) is 13.8 Å². The summed E-state index contributed by atoms with van der Waals surface area (Å²) in [5.41, 5.74) is -1.93. The Morgan fingerprint density at radius 2 is 1.69 bits per heavy atom. The molecule has 1 saturated carbocycles. The summed E-state index contributed by atoms with van der Waals surface area (Å²) in [5.74, 6) is -1.14. The average molecular weight is 453 g/mol. The molecule has 0 radical (unpaired) electrons. The van der Waals surface area contributed by atoms with E-state index in [1.54, 1.807) is 27.7 Å². The second-order valence-corrected chi connectivity index (χ2v) is 11.7. The van der Waals surface area contributed by atoms with Gasteiger partial charge >= 0.3 is 12.1 Å². The lowest BCUT2D eigenvalue weighted by molar-refractivity contribution is -0.150. The Morgan fingerprint density at radius 1 is 1.06 bits per heavy atom. The highest BCUT2D eigenvalue weighted by atomic mass is 16.6. The Kier molecular flexibility index (Phi) is 6.85. The summed E-state index contributed by atoms with van der Waals surface area (Å²) in [6.45, 7) is 12.0. The summed E-state index contributed by atoms with van der Waals surface area (Å²) in [4.78, 5) is 42.0. The van der Waals surface area contributed by atoms with Crippen LogP contribution < -0.4 is 0 Å². The number of nitrogens with zero attached hydrogens (tertiary/aromatic N) is 2. The van der Waals surface area contributed by atoms with Crippen LogP contribution in [-0.4, -0.2) is 75.4 Å². The van der Waals surface area contributed by atoms with E-state index < -0.39 is 29.3 Å². The molecule has 2 aliphatic heterocycles. The highest BCUT2D eigenvalue weighted by molar-refractivity contribution is 5.86. The zero-order chi connectivity index (χ0) is 23.9. The molecule has 8 heteroatoms. The number of carboxylic acids is 1. The third-order valence-corrected chi connectivity index (χ3v) is 7.25. The lowest BCUT2D eigenvalue weighted by Crippen LogP contribution is -2.53. The van der Waals surface area contributed by atoms with Gasteiger partial charge in [0.2, 0.25) is 0 Å². The Balaban J connectivity index is 1.89. The van der Waals surface area contributed by atoms with Gasteiger partial charge < -0.3 is 19.5 Å². The van der Waals surface area contributed by atoms with Crippen LogP contribution in [0.3, 0.4) is 0 Å². The fourth-order valence-electron chi connectivity index (χ4n) is 5.29. The first kappa shape index (κ1) is 24.8. The van der Waals surface area contributed by atoms with Crippen LogP contribution in [0.1, 0.15) is 86.5 Å². The highest BCUT2D eigenvalue weighted by Crippen LogP contribution is 2.41. The predicted octanol–water partition coefficient (Wildman–Crippen LogP) is 3.82. The molecule has 0 unspecified atom stereocenters. The van der Waals surface area contributed by atoms with E-state index in [1.807, 2.05) is 4.90 Å². The summed E-state index contributed by atoms with van der Waals surface area (Å²) in [5, 5.41) is 10.0. The Bertz CT molecular complexity index is 729.